The first-order valence-corrected chi connectivity index (χ1v) is 9.65. The fourth-order valence-electron chi connectivity index (χ4n) is 3.38. The van der Waals surface area contributed by atoms with E-state index in [-0.39, 0.29) is 11.9 Å². The van der Waals surface area contributed by atoms with Gasteiger partial charge in [0.25, 0.3) is 5.91 Å². The van der Waals surface area contributed by atoms with Crippen molar-refractivity contribution >= 4 is 5.91 Å². The molecule has 0 bridgehead atoms. The van der Waals surface area contributed by atoms with Crippen LogP contribution in [0.5, 0.6) is 11.8 Å². The molecule has 1 aliphatic carbocycles. The van der Waals surface area contributed by atoms with Gasteiger partial charge in [-0.15, -0.1) is 0 Å². The number of hydrogen-bond donors (Lipinski definition) is 1. The number of nitrogens with one attached hydrogen (secondary N) is 1. The van der Waals surface area contributed by atoms with E-state index in [0.29, 0.717) is 17.4 Å². The summed E-state index contributed by atoms with van der Waals surface area (Å²) < 4.78 is 5.70. The van der Waals surface area contributed by atoms with Gasteiger partial charge in [-0.25, -0.2) is 9.97 Å². The molecule has 4 rings (SSSR count). The highest BCUT2D eigenvalue weighted by molar-refractivity contribution is 5.94. The Bertz CT molecular complexity index is 929. The molecule has 0 saturated heterocycles. The lowest BCUT2D eigenvalue weighted by atomic mass is 10.1. The van der Waals surface area contributed by atoms with Crippen LogP contribution in [-0.4, -0.2) is 21.9 Å². The summed E-state index contributed by atoms with van der Waals surface area (Å²) in [6.07, 6.45) is 8.03. The molecule has 0 atom stereocenters. The summed E-state index contributed by atoms with van der Waals surface area (Å²) >= 11 is 0. The third-order valence-corrected chi connectivity index (χ3v) is 5.03. The van der Waals surface area contributed by atoms with E-state index >= 15 is 0 Å². The SMILES string of the molecule is Cc1ccc(-c2cnc(Oc3ccc(C(=O)NC4CCCC4)cc3)nc2)cc1. The van der Waals surface area contributed by atoms with Crippen LogP contribution in [0.2, 0.25) is 0 Å². The summed E-state index contributed by atoms with van der Waals surface area (Å²) in [7, 11) is 0. The fraction of sp³-hybridized carbons (Fsp3) is 0.261. The van der Waals surface area contributed by atoms with Crippen LogP contribution < -0.4 is 10.1 Å². The zero-order valence-corrected chi connectivity index (χ0v) is 15.9. The number of amides is 1. The van der Waals surface area contributed by atoms with Crippen molar-refractivity contribution in [2.75, 3.05) is 0 Å². The van der Waals surface area contributed by atoms with Gasteiger partial charge in [0.2, 0.25) is 0 Å². The Morgan fingerprint density at radius 2 is 1.57 bits per heavy atom. The maximum absolute atomic E-state index is 12.3. The third kappa shape index (κ3) is 4.36. The first kappa shape index (κ1) is 18.2. The van der Waals surface area contributed by atoms with Gasteiger partial charge in [-0.05, 0) is 49.6 Å². The van der Waals surface area contributed by atoms with Crippen molar-refractivity contribution in [2.45, 2.75) is 38.6 Å². The minimum absolute atomic E-state index is 0.0304. The highest BCUT2D eigenvalue weighted by Crippen LogP contribution is 2.23. The van der Waals surface area contributed by atoms with Crippen molar-refractivity contribution < 1.29 is 9.53 Å². The third-order valence-electron chi connectivity index (χ3n) is 5.03. The molecule has 0 aliphatic heterocycles. The number of carbonyl (C=O) groups excluding carboxylic acids is 1. The van der Waals surface area contributed by atoms with Crippen LogP contribution in [0.15, 0.2) is 60.9 Å². The largest absolute Gasteiger partial charge is 0.424 e. The van der Waals surface area contributed by atoms with Crippen LogP contribution in [-0.2, 0) is 0 Å². The van der Waals surface area contributed by atoms with Gasteiger partial charge in [0.15, 0.2) is 0 Å². The van der Waals surface area contributed by atoms with Crippen molar-refractivity contribution in [1.29, 1.82) is 0 Å². The number of aromatic nitrogens is 2. The van der Waals surface area contributed by atoms with Gasteiger partial charge < -0.3 is 10.1 Å². The number of hydrogen-bond acceptors (Lipinski definition) is 4. The van der Waals surface area contributed by atoms with Gasteiger partial charge in [-0.3, -0.25) is 4.79 Å². The normalized spacial score (nSPS) is 14.0. The summed E-state index contributed by atoms with van der Waals surface area (Å²) in [5, 5.41) is 3.09. The van der Waals surface area contributed by atoms with Crippen molar-refractivity contribution in [3.8, 4) is 22.9 Å². The van der Waals surface area contributed by atoms with E-state index in [0.717, 1.165) is 24.0 Å². The van der Waals surface area contributed by atoms with Crippen LogP contribution in [0.4, 0.5) is 0 Å². The average Bonchev–Trinajstić information content (AvgIpc) is 3.23. The van der Waals surface area contributed by atoms with Crippen molar-refractivity contribution in [2.24, 2.45) is 0 Å². The summed E-state index contributed by atoms with van der Waals surface area (Å²) in [5.41, 5.74) is 3.85. The predicted octanol–water partition coefficient (Wildman–Crippen LogP) is 4.92. The van der Waals surface area contributed by atoms with Crippen LogP contribution >= 0.6 is 0 Å². The van der Waals surface area contributed by atoms with Gasteiger partial charge in [0, 0.05) is 29.6 Å². The predicted molar refractivity (Wildman–Crippen MR) is 108 cm³/mol. The molecular weight excluding hydrogens is 350 g/mol. The van der Waals surface area contributed by atoms with Gasteiger partial charge in [-0.2, -0.15) is 0 Å². The summed E-state index contributed by atoms with van der Waals surface area (Å²) in [5.74, 6) is 0.567. The van der Waals surface area contributed by atoms with E-state index in [4.69, 9.17) is 4.74 Å². The molecule has 1 fully saturated rings. The zero-order chi connectivity index (χ0) is 19.3. The first-order chi connectivity index (χ1) is 13.7. The molecule has 1 heterocycles. The fourth-order valence-corrected chi connectivity index (χ4v) is 3.38. The first-order valence-electron chi connectivity index (χ1n) is 9.65. The Labute approximate surface area is 164 Å². The lowest BCUT2D eigenvalue weighted by molar-refractivity contribution is 0.0938. The van der Waals surface area contributed by atoms with Crippen LogP contribution in [0, 0.1) is 6.92 Å². The highest BCUT2D eigenvalue weighted by Gasteiger charge is 2.17. The van der Waals surface area contributed by atoms with Crippen molar-refractivity contribution in [1.82, 2.24) is 15.3 Å². The average molecular weight is 373 g/mol. The number of ether oxygens (including phenoxy) is 1. The van der Waals surface area contributed by atoms with Crippen LogP contribution in [0.1, 0.15) is 41.6 Å². The number of benzene rings is 2. The lowest BCUT2D eigenvalue weighted by Gasteiger charge is -2.12. The van der Waals surface area contributed by atoms with E-state index in [1.54, 1.807) is 36.7 Å². The molecule has 0 unspecified atom stereocenters. The molecule has 5 heteroatoms. The minimum Gasteiger partial charge on any atom is -0.424 e. The zero-order valence-electron chi connectivity index (χ0n) is 15.9. The maximum atomic E-state index is 12.3. The minimum atomic E-state index is -0.0304. The molecule has 1 aliphatic rings. The summed E-state index contributed by atoms with van der Waals surface area (Å²) in [4.78, 5) is 20.9. The lowest BCUT2D eigenvalue weighted by Crippen LogP contribution is -2.32. The van der Waals surface area contributed by atoms with Gasteiger partial charge in [-0.1, -0.05) is 42.7 Å². The molecule has 1 amide bonds. The van der Waals surface area contributed by atoms with E-state index in [1.165, 1.54) is 18.4 Å². The molecule has 5 nitrogen and oxygen atoms in total. The Hall–Kier alpha value is -3.21. The second-order valence-corrected chi connectivity index (χ2v) is 7.20. The van der Waals surface area contributed by atoms with E-state index in [1.807, 2.05) is 12.1 Å². The second kappa shape index (κ2) is 8.21. The molecule has 142 valence electrons. The van der Waals surface area contributed by atoms with E-state index in [9.17, 15) is 4.79 Å². The summed E-state index contributed by atoms with van der Waals surface area (Å²) in [6, 6.07) is 15.9. The number of aryl methyl sites for hydroxylation is 1. The van der Waals surface area contributed by atoms with Crippen LogP contribution in [0.3, 0.4) is 0 Å². The Kier molecular flexibility index (Phi) is 5.33. The van der Waals surface area contributed by atoms with Gasteiger partial charge in [0.1, 0.15) is 5.75 Å². The monoisotopic (exact) mass is 373 g/mol. The van der Waals surface area contributed by atoms with E-state index in [2.05, 4.69) is 34.3 Å². The molecule has 28 heavy (non-hydrogen) atoms. The number of nitrogens with zero attached hydrogens (tertiary/aromatic N) is 2. The number of rotatable bonds is 5. The molecule has 2 aromatic carbocycles. The standard InChI is InChI=1S/C23H23N3O2/c1-16-6-8-17(9-7-16)19-14-24-23(25-15-19)28-21-12-10-18(11-13-21)22(27)26-20-4-2-3-5-20/h6-15,20H,2-5H2,1H3,(H,26,27). The maximum Gasteiger partial charge on any atom is 0.321 e. The quantitative estimate of drug-likeness (QED) is 0.690. The Balaban J connectivity index is 1.38. The van der Waals surface area contributed by atoms with Gasteiger partial charge >= 0.3 is 6.01 Å². The summed E-state index contributed by atoms with van der Waals surface area (Å²) in [6.45, 7) is 2.06. The smallest absolute Gasteiger partial charge is 0.321 e. The Morgan fingerprint density at radius 3 is 2.21 bits per heavy atom. The van der Waals surface area contributed by atoms with Gasteiger partial charge in [0.05, 0.1) is 0 Å². The molecular formula is C23H23N3O2. The molecule has 0 radical (unpaired) electrons. The van der Waals surface area contributed by atoms with Crippen molar-refractivity contribution in [3.63, 3.8) is 0 Å². The molecule has 1 saturated carbocycles. The van der Waals surface area contributed by atoms with E-state index < -0.39 is 0 Å². The Morgan fingerprint density at radius 1 is 0.929 bits per heavy atom. The topological polar surface area (TPSA) is 64.1 Å². The highest BCUT2D eigenvalue weighted by atomic mass is 16.5. The number of carbonyl (C=O) groups is 1. The molecule has 1 N–H and O–H groups in total. The molecule has 0 spiro atoms. The second-order valence-electron chi connectivity index (χ2n) is 7.20. The van der Waals surface area contributed by atoms with Crippen molar-refractivity contribution in [3.05, 3.63) is 72.1 Å². The van der Waals surface area contributed by atoms with Crippen LogP contribution in [0.25, 0.3) is 11.1 Å². The molecule has 3 aromatic rings. The molecule has 1 aromatic heterocycles.